The summed E-state index contributed by atoms with van der Waals surface area (Å²) in [5.41, 5.74) is 2.65. The average Bonchev–Trinajstić information content (AvgIpc) is 3.38. The Morgan fingerprint density at radius 2 is 1.94 bits per heavy atom. The van der Waals surface area contributed by atoms with Gasteiger partial charge in [0, 0.05) is 35.7 Å². The summed E-state index contributed by atoms with van der Waals surface area (Å²) in [6.07, 6.45) is 4.93. The molecule has 7 nitrogen and oxygen atoms in total. The molecule has 2 N–H and O–H groups in total. The SMILES string of the molecule is COc1cccc(NC(=O)N2CC(=O)N3[C@H](CO)[C@H](c4ccc(C#CC5CCCC5)cc4)[C@H]3C2)c1. The highest BCUT2D eigenvalue weighted by Crippen LogP contribution is 2.43. The van der Waals surface area contributed by atoms with Gasteiger partial charge in [-0.2, -0.15) is 0 Å². The van der Waals surface area contributed by atoms with Crippen molar-refractivity contribution in [2.75, 3.05) is 32.1 Å². The van der Waals surface area contributed by atoms with Crippen LogP contribution in [0.3, 0.4) is 0 Å². The van der Waals surface area contributed by atoms with Gasteiger partial charge in [-0.05, 0) is 42.7 Å². The zero-order chi connectivity index (χ0) is 24.4. The predicted octanol–water partition coefficient (Wildman–Crippen LogP) is 3.44. The Bertz CT molecular complexity index is 1150. The predicted molar refractivity (Wildman–Crippen MR) is 133 cm³/mol. The van der Waals surface area contributed by atoms with E-state index in [1.807, 2.05) is 24.3 Å². The number of aliphatic hydroxyl groups excluding tert-OH is 1. The molecule has 3 aliphatic rings. The van der Waals surface area contributed by atoms with E-state index in [0.717, 1.165) is 11.1 Å². The number of fused-ring (bicyclic) bond motifs is 1. The molecule has 2 aromatic rings. The molecule has 0 unspecified atom stereocenters. The van der Waals surface area contributed by atoms with Gasteiger partial charge in [-0.3, -0.25) is 4.79 Å². The summed E-state index contributed by atoms with van der Waals surface area (Å²) in [5.74, 6) is 7.66. The molecule has 2 heterocycles. The number of hydrogen-bond donors (Lipinski definition) is 2. The summed E-state index contributed by atoms with van der Waals surface area (Å²) in [5, 5.41) is 12.9. The van der Waals surface area contributed by atoms with Gasteiger partial charge in [-0.1, -0.05) is 42.9 Å². The van der Waals surface area contributed by atoms with E-state index in [1.54, 1.807) is 41.2 Å². The van der Waals surface area contributed by atoms with Crippen LogP contribution in [0.15, 0.2) is 48.5 Å². The Labute approximate surface area is 206 Å². The van der Waals surface area contributed by atoms with Crippen LogP contribution in [0.5, 0.6) is 5.75 Å². The second-order valence-electron chi connectivity index (χ2n) is 9.56. The number of anilines is 1. The van der Waals surface area contributed by atoms with Crippen molar-refractivity contribution >= 4 is 17.6 Å². The molecule has 1 saturated carbocycles. The summed E-state index contributed by atoms with van der Waals surface area (Å²) in [7, 11) is 1.57. The molecule has 5 rings (SSSR count). The van der Waals surface area contributed by atoms with Crippen LogP contribution in [-0.4, -0.2) is 65.7 Å². The number of methoxy groups -OCH3 is 1. The minimum Gasteiger partial charge on any atom is -0.497 e. The summed E-state index contributed by atoms with van der Waals surface area (Å²) in [6, 6.07) is 14.5. The van der Waals surface area contributed by atoms with Crippen LogP contribution in [0, 0.1) is 17.8 Å². The smallest absolute Gasteiger partial charge is 0.322 e. The lowest BCUT2D eigenvalue weighted by Crippen LogP contribution is -2.73. The molecule has 2 aromatic carbocycles. The van der Waals surface area contributed by atoms with Crippen LogP contribution in [0.25, 0.3) is 0 Å². The van der Waals surface area contributed by atoms with Crippen molar-refractivity contribution in [1.82, 2.24) is 9.80 Å². The number of nitrogens with one attached hydrogen (secondary N) is 1. The quantitative estimate of drug-likeness (QED) is 0.667. The number of piperazine rings is 1. The van der Waals surface area contributed by atoms with Gasteiger partial charge in [-0.25, -0.2) is 4.79 Å². The van der Waals surface area contributed by atoms with E-state index < -0.39 is 0 Å². The van der Waals surface area contributed by atoms with Crippen LogP contribution < -0.4 is 10.1 Å². The third kappa shape index (κ3) is 4.71. The topological polar surface area (TPSA) is 82.1 Å². The average molecular weight is 474 g/mol. The van der Waals surface area contributed by atoms with Crippen molar-refractivity contribution < 1.29 is 19.4 Å². The van der Waals surface area contributed by atoms with Crippen LogP contribution >= 0.6 is 0 Å². The van der Waals surface area contributed by atoms with E-state index in [4.69, 9.17) is 4.74 Å². The second kappa shape index (κ2) is 10.0. The Balaban J connectivity index is 1.29. The molecule has 0 spiro atoms. The number of rotatable bonds is 4. The van der Waals surface area contributed by atoms with Gasteiger partial charge in [0.15, 0.2) is 0 Å². The third-order valence-corrected chi connectivity index (χ3v) is 7.43. The zero-order valence-corrected chi connectivity index (χ0v) is 19.9. The van der Waals surface area contributed by atoms with Gasteiger partial charge in [0.25, 0.3) is 0 Å². The highest BCUT2D eigenvalue weighted by molar-refractivity contribution is 5.94. The van der Waals surface area contributed by atoms with E-state index in [0.29, 0.717) is 23.9 Å². The molecule has 0 bridgehead atoms. The highest BCUT2D eigenvalue weighted by Gasteiger charge is 2.54. The van der Waals surface area contributed by atoms with Gasteiger partial charge in [0.05, 0.1) is 25.8 Å². The van der Waals surface area contributed by atoms with Crippen molar-refractivity contribution in [3.05, 3.63) is 59.7 Å². The molecule has 2 saturated heterocycles. The van der Waals surface area contributed by atoms with E-state index in [1.165, 1.54) is 25.7 Å². The van der Waals surface area contributed by atoms with Gasteiger partial charge in [0.2, 0.25) is 5.91 Å². The van der Waals surface area contributed by atoms with Crippen LogP contribution in [-0.2, 0) is 4.79 Å². The lowest BCUT2D eigenvalue weighted by atomic mass is 9.73. The molecule has 182 valence electrons. The maximum Gasteiger partial charge on any atom is 0.322 e. The number of amides is 3. The number of nitrogens with zero attached hydrogens (tertiary/aromatic N) is 2. The molecule has 35 heavy (non-hydrogen) atoms. The fourth-order valence-corrected chi connectivity index (χ4v) is 5.60. The normalized spacial score (nSPS) is 23.7. The van der Waals surface area contributed by atoms with E-state index >= 15 is 0 Å². The molecule has 2 aliphatic heterocycles. The number of hydrogen-bond acceptors (Lipinski definition) is 4. The van der Waals surface area contributed by atoms with E-state index in [9.17, 15) is 14.7 Å². The number of urea groups is 1. The summed E-state index contributed by atoms with van der Waals surface area (Å²) < 4.78 is 5.22. The number of aliphatic hydroxyl groups is 1. The van der Waals surface area contributed by atoms with Crippen molar-refractivity contribution in [1.29, 1.82) is 0 Å². The molecule has 1 aliphatic carbocycles. The summed E-state index contributed by atoms with van der Waals surface area (Å²) >= 11 is 0. The van der Waals surface area contributed by atoms with Gasteiger partial charge in [-0.15, -0.1) is 0 Å². The Hall–Kier alpha value is -3.50. The van der Waals surface area contributed by atoms with Gasteiger partial charge < -0.3 is 25.0 Å². The summed E-state index contributed by atoms with van der Waals surface area (Å²) in [6.45, 7) is 0.295. The molecule has 3 fully saturated rings. The molecule has 7 heteroatoms. The van der Waals surface area contributed by atoms with Crippen molar-refractivity contribution in [2.24, 2.45) is 5.92 Å². The van der Waals surface area contributed by atoms with Crippen LogP contribution in [0.4, 0.5) is 10.5 Å². The first kappa shape index (κ1) is 23.3. The highest BCUT2D eigenvalue weighted by atomic mass is 16.5. The minimum atomic E-state index is -0.324. The molecular formula is C28H31N3O4. The Kier molecular flexibility index (Phi) is 6.65. The molecule has 3 atom stereocenters. The molecule has 0 aromatic heterocycles. The zero-order valence-electron chi connectivity index (χ0n) is 19.9. The van der Waals surface area contributed by atoms with Crippen molar-refractivity contribution in [3.8, 4) is 17.6 Å². The first-order chi connectivity index (χ1) is 17.1. The molecule has 0 radical (unpaired) electrons. The largest absolute Gasteiger partial charge is 0.497 e. The molecule has 3 amide bonds. The second-order valence-corrected chi connectivity index (χ2v) is 9.56. The fourth-order valence-electron chi connectivity index (χ4n) is 5.60. The number of carbonyl (C=O) groups excluding carboxylic acids is 2. The van der Waals surface area contributed by atoms with Crippen molar-refractivity contribution in [3.63, 3.8) is 0 Å². The first-order valence-corrected chi connectivity index (χ1v) is 12.3. The Morgan fingerprint density at radius 1 is 1.17 bits per heavy atom. The number of benzene rings is 2. The standard InChI is InChI=1S/C28H31N3O4/c1-35-23-8-4-7-22(15-23)29-28(34)30-16-24-27(25(18-32)31(24)26(33)17-30)21-13-11-20(12-14-21)10-9-19-5-2-3-6-19/h4,7-8,11-15,19,24-25,27,32H,2-3,5-6,16-18H2,1H3,(H,29,34)/t24-,25-,27-/m1/s1. The summed E-state index contributed by atoms with van der Waals surface area (Å²) in [4.78, 5) is 29.1. The van der Waals surface area contributed by atoms with Crippen LogP contribution in [0.1, 0.15) is 42.7 Å². The maximum atomic E-state index is 12.9. The van der Waals surface area contributed by atoms with Gasteiger partial charge in [0.1, 0.15) is 12.3 Å². The monoisotopic (exact) mass is 473 g/mol. The lowest BCUT2D eigenvalue weighted by Gasteiger charge is -2.58. The van der Waals surface area contributed by atoms with E-state index in [2.05, 4.69) is 17.2 Å². The minimum absolute atomic E-state index is 0.00871. The lowest BCUT2D eigenvalue weighted by molar-refractivity contribution is -0.159. The first-order valence-electron chi connectivity index (χ1n) is 12.3. The van der Waals surface area contributed by atoms with E-state index in [-0.39, 0.29) is 43.1 Å². The molecular weight excluding hydrogens is 442 g/mol. The van der Waals surface area contributed by atoms with Crippen LogP contribution in [0.2, 0.25) is 0 Å². The fraction of sp³-hybridized carbons (Fsp3) is 0.429. The number of ether oxygens (including phenoxy) is 1. The van der Waals surface area contributed by atoms with Crippen molar-refractivity contribution in [2.45, 2.75) is 43.7 Å². The number of carbonyl (C=O) groups is 2. The maximum absolute atomic E-state index is 12.9. The Morgan fingerprint density at radius 3 is 2.66 bits per heavy atom. The van der Waals surface area contributed by atoms with Gasteiger partial charge >= 0.3 is 6.03 Å². The third-order valence-electron chi connectivity index (χ3n) is 7.43.